The maximum Gasteiger partial charge on any atom is 0.406 e. The van der Waals surface area contributed by atoms with E-state index in [1.165, 1.54) is 7.11 Å². The summed E-state index contributed by atoms with van der Waals surface area (Å²) in [5, 5.41) is 5.11. The fraction of sp³-hybridized carbons (Fsp3) is 0.400. The van der Waals surface area contributed by atoms with Crippen LogP contribution >= 0.6 is 0 Å². The zero-order valence-corrected chi connectivity index (χ0v) is 19.2. The molecule has 0 atom stereocenters. The van der Waals surface area contributed by atoms with E-state index in [0.717, 1.165) is 22.3 Å². The van der Waals surface area contributed by atoms with Crippen LogP contribution in [0.25, 0.3) is 11.1 Å². The van der Waals surface area contributed by atoms with Crippen molar-refractivity contribution in [2.45, 2.75) is 18.9 Å². The molecule has 2 aromatic carbocycles. The van der Waals surface area contributed by atoms with E-state index in [2.05, 4.69) is 15.4 Å². The number of esters is 1. The van der Waals surface area contributed by atoms with Gasteiger partial charge in [-0.3, -0.25) is 9.59 Å². The monoisotopic (exact) mass is 470 g/mol. The van der Waals surface area contributed by atoms with Crippen molar-refractivity contribution in [2.24, 2.45) is 0 Å². The summed E-state index contributed by atoms with van der Waals surface area (Å²) in [4.78, 5) is 34.8. The first-order chi connectivity index (χ1) is 16.6. The summed E-state index contributed by atoms with van der Waals surface area (Å²) in [5.41, 5.74) is 4.19. The molecule has 0 aromatic heterocycles. The molecule has 0 saturated heterocycles. The molecule has 2 N–H and O–H groups in total. The number of nitrogens with one attached hydrogen (secondary N) is 2. The quantitative estimate of drug-likeness (QED) is 0.342. The zero-order chi connectivity index (χ0) is 24.2. The second kappa shape index (κ2) is 13.3. The van der Waals surface area contributed by atoms with E-state index in [0.29, 0.717) is 26.4 Å². The third kappa shape index (κ3) is 7.29. The molecule has 3 rings (SSSR count). The minimum Gasteiger partial charge on any atom is -0.453 e. The minimum atomic E-state index is -0.571. The molecule has 0 fully saturated rings. The maximum atomic E-state index is 12.4. The van der Waals surface area contributed by atoms with Crippen molar-refractivity contribution < 1.29 is 33.3 Å². The van der Waals surface area contributed by atoms with Crippen LogP contribution in [0.5, 0.6) is 0 Å². The van der Waals surface area contributed by atoms with Crippen LogP contribution in [0, 0.1) is 0 Å². The lowest BCUT2D eigenvalue weighted by atomic mass is 10.1. The number of ether oxygens (including phenoxy) is 4. The second-order valence-corrected chi connectivity index (χ2v) is 7.54. The molecule has 0 heterocycles. The number of rotatable bonds is 13. The Kier molecular flexibility index (Phi) is 9.87. The van der Waals surface area contributed by atoms with Crippen molar-refractivity contribution in [2.75, 3.05) is 46.6 Å². The highest BCUT2D eigenvalue weighted by Crippen LogP contribution is 2.45. The number of carbonyl (C=O) groups is 3. The summed E-state index contributed by atoms with van der Waals surface area (Å²) in [6, 6.07) is 15.9. The Morgan fingerprint density at radius 2 is 1.38 bits per heavy atom. The van der Waals surface area contributed by atoms with Gasteiger partial charge in [-0.1, -0.05) is 48.5 Å². The van der Waals surface area contributed by atoms with Crippen LogP contribution < -0.4 is 10.6 Å². The third-order valence-corrected chi connectivity index (χ3v) is 5.22. The van der Waals surface area contributed by atoms with Gasteiger partial charge in [0.2, 0.25) is 5.91 Å². The standard InChI is InChI=1S/C25H30N2O7/c1-31-25(30)27-12-10-22(28)26-13-15-33-17-16-32-14-11-23(29)34-24-20-8-4-2-6-18(20)19-7-3-5-9-21(19)24/h2-9,24H,10-17H2,1H3,(H,26,28)(H,27,30). The van der Waals surface area contributed by atoms with E-state index < -0.39 is 12.2 Å². The first kappa shape index (κ1) is 25.2. The normalized spacial score (nSPS) is 11.9. The average molecular weight is 471 g/mol. The Bertz CT molecular complexity index is 934. The van der Waals surface area contributed by atoms with Gasteiger partial charge in [0.15, 0.2) is 6.10 Å². The van der Waals surface area contributed by atoms with Gasteiger partial charge in [0.1, 0.15) is 0 Å². The van der Waals surface area contributed by atoms with Crippen LogP contribution in [0.3, 0.4) is 0 Å². The summed E-state index contributed by atoms with van der Waals surface area (Å²) in [7, 11) is 1.26. The van der Waals surface area contributed by atoms with Crippen LogP contribution in [0.15, 0.2) is 48.5 Å². The van der Waals surface area contributed by atoms with E-state index in [4.69, 9.17) is 14.2 Å². The highest BCUT2D eigenvalue weighted by molar-refractivity contribution is 5.80. The predicted octanol–water partition coefficient (Wildman–Crippen LogP) is 2.59. The molecule has 0 unspecified atom stereocenters. The summed E-state index contributed by atoms with van der Waals surface area (Å²) >= 11 is 0. The zero-order valence-electron chi connectivity index (χ0n) is 19.2. The van der Waals surface area contributed by atoms with Crippen LogP contribution in [0.4, 0.5) is 4.79 Å². The molecule has 0 radical (unpaired) electrons. The number of hydrogen-bond acceptors (Lipinski definition) is 7. The molecular weight excluding hydrogens is 440 g/mol. The molecule has 2 aromatic rings. The second-order valence-electron chi connectivity index (χ2n) is 7.54. The molecule has 0 aliphatic heterocycles. The molecular formula is C25H30N2O7. The number of hydrogen-bond donors (Lipinski definition) is 2. The lowest BCUT2D eigenvalue weighted by molar-refractivity contribution is -0.148. The number of methoxy groups -OCH3 is 1. The molecule has 9 heteroatoms. The van der Waals surface area contributed by atoms with Crippen LogP contribution in [-0.4, -0.2) is 64.6 Å². The van der Waals surface area contributed by atoms with Crippen molar-refractivity contribution in [3.8, 4) is 11.1 Å². The Hall–Kier alpha value is -3.43. The number of amides is 2. The van der Waals surface area contributed by atoms with Gasteiger partial charge in [-0.25, -0.2) is 4.79 Å². The van der Waals surface area contributed by atoms with Gasteiger partial charge < -0.3 is 29.6 Å². The highest BCUT2D eigenvalue weighted by atomic mass is 16.6. The average Bonchev–Trinajstić information content (AvgIpc) is 3.16. The van der Waals surface area contributed by atoms with Crippen molar-refractivity contribution in [3.63, 3.8) is 0 Å². The van der Waals surface area contributed by atoms with Gasteiger partial charge in [0, 0.05) is 30.6 Å². The van der Waals surface area contributed by atoms with Crippen molar-refractivity contribution in [3.05, 3.63) is 59.7 Å². The first-order valence-electron chi connectivity index (χ1n) is 11.2. The fourth-order valence-electron chi connectivity index (χ4n) is 3.61. The molecule has 182 valence electrons. The number of fused-ring (bicyclic) bond motifs is 3. The molecule has 9 nitrogen and oxygen atoms in total. The number of carbonyl (C=O) groups excluding carboxylic acids is 3. The summed E-state index contributed by atoms with van der Waals surface area (Å²) in [5.74, 6) is -0.510. The fourth-order valence-corrected chi connectivity index (χ4v) is 3.61. The Labute approximate surface area is 198 Å². The topological polar surface area (TPSA) is 112 Å². The lowest BCUT2D eigenvalue weighted by Crippen LogP contribution is -2.32. The highest BCUT2D eigenvalue weighted by Gasteiger charge is 2.30. The molecule has 1 aliphatic carbocycles. The van der Waals surface area contributed by atoms with E-state index in [9.17, 15) is 14.4 Å². The van der Waals surface area contributed by atoms with Gasteiger partial charge in [0.25, 0.3) is 0 Å². The SMILES string of the molecule is COC(=O)NCCC(=O)NCCOCCOCCC(=O)OC1c2ccccc2-c2ccccc21. The van der Waals surface area contributed by atoms with Crippen LogP contribution in [0.2, 0.25) is 0 Å². The van der Waals surface area contributed by atoms with Gasteiger partial charge in [0.05, 0.1) is 40.0 Å². The summed E-state index contributed by atoms with van der Waals surface area (Å²) in [6.45, 7) is 1.81. The Morgan fingerprint density at radius 1 is 0.765 bits per heavy atom. The van der Waals surface area contributed by atoms with E-state index in [-0.39, 0.29) is 37.9 Å². The van der Waals surface area contributed by atoms with E-state index in [1.807, 2.05) is 48.5 Å². The third-order valence-electron chi connectivity index (χ3n) is 5.22. The Morgan fingerprint density at radius 3 is 2.03 bits per heavy atom. The van der Waals surface area contributed by atoms with Gasteiger partial charge in [-0.15, -0.1) is 0 Å². The molecule has 0 spiro atoms. The van der Waals surface area contributed by atoms with Crippen molar-refractivity contribution >= 4 is 18.0 Å². The van der Waals surface area contributed by atoms with Gasteiger partial charge >= 0.3 is 12.1 Å². The van der Waals surface area contributed by atoms with E-state index >= 15 is 0 Å². The van der Waals surface area contributed by atoms with Crippen molar-refractivity contribution in [1.29, 1.82) is 0 Å². The van der Waals surface area contributed by atoms with Crippen LogP contribution in [0.1, 0.15) is 30.1 Å². The molecule has 0 bridgehead atoms. The Balaban J connectivity index is 1.24. The van der Waals surface area contributed by atoms with Crippen molar-refractivity contribution in [1.82, 2.24) is 10.6 Å². The van der Waals surface area contributed by atoms with E-state index in [1.54, 1.807) is 0 Å². The van der Waals surface area contributed by atoms with Gasteiger partial charge in [-0.05, 0) is 11.1 Å². The molecule has 2 amide bonds. The van der Waals surface area contributed by atoms with Crippen LogP contribution in [-0.2, 0) is 28.5 Å². The summed E-state index contributed by atoms with van der Waals surface area (Å²) in [6.07, 6.45) is -0.656. The maximum absolute atomic E-state index is 12.4. The smallest absolute Gasteiger partial charge is 0.406 e. The number of alkyl carbamates (subject to hydrolysis) is 1. The predicted molar refractivity (Wildman–Crippen MR) is 124 cm³/mol. The summed E-state index contributed by atoms with van der Waals surface area (Å²) < 4.78 is 21.0. The number of benzene rings is 2. The molecule has 0 saturated carbocycles. The largest absolute Gasteiger partial charge is 0.453 e. The van der Waals surface area contributed by atoms with Gasteiger partial charge in [-0.2, -0.15) is 0 Å². The minimum absolute atomic E-state index is 0.149. The molecule has 34 heavy (non-hydrogen) atoms. The lowest BCUT2D eigenvalue weighted by Gasteiger charge is -2.15. The first-order valence-corrected chi connectivity index (χ1v) is 11.2. The molecule has 1 aliphatic rings.